The van der Waals surface area contributed by atoms with Gasteiger partial charge < -0.3 is 16.0 Å². The lowest BCUT2D eigenvalue weighted by Crippen LogP contribution is -2.35. The molecule has 0 bridgehead atoms. The number of hydrogen-bond acceptors (Lipinski definition) is 7. The average molecular weight is 432 g/mol. The molecule has 1 aliphatic rings. The predicted molar refractivity (Wildman–Crippen MR) is 126 cm³/mol. The lowest BCUT2D eigenvalue weighted by atomic mass is 10.1. The van der Waals surface area contributed by atoms with Crippen molar-refractivity contribution in [3.63, 3.8) is 0 Å². The second-order valence-corrected chi connectivity index (χ2v) is 8.48. The lowest BCUT2D eigenvalue weighted by molar-refractivity contribution is 0.477. The number of piperidine rings is 1. The number of rotatable bonds is 7. The van der Waals surface area contributed by atoms with Crippen LogP contribution in [0, 0.1) is 0 Å². The maximum atomic E-state index is 4.83. The summed E-state index contributed by atoms with van der Waals surface area (Å²) in [6.07, 6.45) is 5.86. The molecule has 1 aromatic carbocycles. The van der Waals surface area contributed by atoms with Crippen molar-refractivity contribution in [3.8, 4) is 5.69 Å². The Kier molecular flexibility index (Phi) is 5.72. The maximum absolute atomic E-state index is 4.83. The summed E-state index contributed by atoms with van der Waals surface area (Å²) >= 11 is 0. The quantitative estimate of drug-likeness (QED) is 0.355. The van der Waals surface area contributed by atoms with Crippen LogP contribution in [-0.4, -0.2) is 49.1 Å². The molecule has 9 nitrogen and oxygen atoms in total. The molecule has 9 heteroatoms. The Hall–Kier alpha value is -3.46. The Balaban J connectivity index is 1.46. The van der Waals surface area contributed by atoms with Gasteiger partial charge in [0.25, 0.3) is 0 Å². The van der Waals surface area contributed by atoms with Gasteiger partial charge >= 0.3 is 0 Å². The lowest BCUT2D eigenvalue weighted by Gasteiger charge is -2.24. The second-order valence-electron chi connectivity index (χ2n) is 8.48. The van der Waals surface area contributed by atoms with Crippen LogP contribution in [-0.2, 0) is 6.54 Å². The van der Waals surface area contributed by atoms with Gasteiger partial charge in [-0.15, -0.1) is 0 Å². The van der Waals surface area contributed by atoms with Crippen molar-refractivity contribution in [2.75, 3.05) is 23.7 Å². The fourth-order valence-electron chi connectivity index (χ4n) is 4.14. The van der Waals surface area contributed by atoms with E-state index >= 15 is 0 Å². The highest BCUT2D eigenvalue weighted by Crippen LogP contribution is 2.28. The minimum atomic E-state index is 0.263. The Bertz CT molecular complexity index is 1170. The molecule has 5 rings (SSSR count). The van der Waals surface area contributed by atoms with Crippen molar-refractivity contribution < 1.29 is 0 Å². The Morgan fingerprint density at radius 1 is 1.12 bits per heavy atom. The van der Waals surface area contributed by atoms with Crippen molar-refractivity contribution in [1.82, 2.24) is 35.3 Å². The number of H-pyrrole nitrogens is 1. The molecule has 0 unspecified atom stereocenters. The van der Waals surface area contributed by atoms with Gasteiger partial charge in [0.15, 0.2) is 5.82 Å². The summed E-state index contributed by atoms with van der Waals surface area (Å²) in [6, 6.07) is 10.5. The second kappa shape index (κ2) is 8.96. The molecule has 4 N–H and O–H groups in total. The van der Waals surface area contributed by atoms with Gasteiger partial charge in [0.2, 0.25) is 5.95 Å². The normalized spacial score (nSPS) is 14.8. The molecule has 3 aromatic heterocycles. The van der Waals surface area contributed by atoms with Crippen molar-refractivity contribution in [3.05, 3.63) is 54.0 Å². The summed E-state index contributed by atoms with van der Waals surface area (Å²) in [6.45, 7) is 6.89. The van der Waals surface area contributed by atoms with Gasteiger partial charge in [-0.3, -0.25) is 5.10 Å². The molecule has 1 saturated heterocycles. The molecule has 32 heavy (non-hydrogen) atoms. The third kappa shape index (κ3) is 4.16. The number of nitrogens with one attached hydrogen (secondary N) is 4. The number of nitrogens with zero attached hydrogens (tertiary/aromatic N) is 5. The Morgan fingerprint density at radius 3 is 2.75 bits per heavy atom. The van der Waals surface area contributed by atoms with Crippen molar-refractivity contribution in [2.24, 2.45) is 0 Å². The highest BCUT2D eigenvalue weighted by atomic mass is 15.3. The average Bonchev–Trinajstić information content (AvgIpc) is 3.49. The molecule has 0 spiro atoms. The summed E-state index contributed by atoms with van der Waals surface area (Å²) in [5.41, 5.74) is 4.82. The van der Waals surface area contributed by atoms with Crippen LogP contribution in [0.4, 0.5) is 11.8 Å². The summed E-state index contributed by atoms with van der Waals surface area (Å²) in [7, 11) is 0. The van der Waals surface area contributed by atoms with E-state index in [2.05, 4.69) is 57.2 Å². The van der Waals surface area contributed by atoms with Crippen LogP contribution in [0.3, 0.4) is 0 Å². The molecular formula is C23H29N9. The van der Waals surface area contributed by atoms with Gasteiger partial charge in [-0.1, -0.05) is 32.0 Å². The summed E-state index contributed by atoms with van der Waals surface area (Å²) in [4.78, 5) is 9.66. The summed E-state index contributed by atoms with van der Waals surface area (Å²) < 4.78 is 1.88. The van der Waals surface area contributed by atoms with Crippen LogP contribution in [0.2, 0.25) is 0 Å². The zero-order chi connectivity index (χ0) is 21.9. The number of anilines is 2. The van der Waals surface area contributed by atoms with E-state index in [4.69, 9.17) is 9.97 Å². The first-order valence-electron chi connectivity index (χ1n) is 11.2. The van der Waals surface area contributed by atoms with E-state index in [-0.39, 0.29) is 5.92 Å². The molecule has 1 fully saturated rings. The van der Waals surface area contributed by atoms with Gasteiger partial charge in [-0.05, 0) is 49.5 Å². The van der Waals surface area contributed by atoms with E-state index in [1.54, 1.807) is 6.20 Å². The third-order valence-corrected chi connectivity index (χ3v) is 5.85. The largest absolute Gasteiger partial charge is 0.364 e. The number of aromatic amines is 1. The number of fused-ring (bicyclic) bond motifs is 1. The van der Waals surface area contributed by atoms with E-state index in [1.165, 1.54) is 0 Å². The number of para-hydroxylation sites is 1. The van der Waals surface area contributed by atoms with Gasteiger partial charge in [0, 0.05) is 25.0 Å². The van der Waals surface area contributed by atoms with Gasteiger partial charge in [-0.2, -0.15) is 15.2 Å². The maximum Gasteiger partial charge on any atom is 0.225 e. The standard InChI is InChI=1S/C23H29N9/c1-15(2)19-20-21(31-30-19)22(29-23(28-20)27-17-8-11-24-12-9-17)25-14-16-6-3-4-7-18(16)32-13-5-10-26-32/h3-7,10,13,15,17,24H,8-9,11-12,14H2,1-2H3,(H,30,31)(H2,25,27,28,29). The summed E-state index contributed by atoms with van der Waals surface area (Å²) in [5, 5.41) is 22.5. The molecule has 1 aliphatic heterocycles. The van der Waals surface area contributed by atoms with E-state index in [0.717, 1.165) is 59.7 Å². The van der Waals surface area contributed by atoms with E-state index in [1.807, 2.05) is 29.1 Å². The first-order chi connectivity index (χ1) is 15.7. The van der Waals surface area contributed by atoms with Gasteiger partial charge in [0.05, 0.1) is 11.4 Å². The Labute approximate surface area is 187 Å². The van der Waals surface area contributed by atoms with Crippen molar-refractivity contribution in [1.29, 1.82) is 0 Å². The number of benzene rings is 1. The van der Waals surface area contributed by atoms with Crippen LogP contribution in [0.1, 0.15) is 43.9 Å². The SMILES string of the molecule is CC(C)c1n[nH]c2c(NCc3ccccc3-n3cccn3)nc(NC3CCNCC3)nc12. The minimum absolute atomic E-state index is 0.263. The smallest absolute Gasteiger partial charge is 0.225 e. The molecule has 0 aliphatic carbocycles. The number of aromatic nitrogens is 6. The van der Waals surface area contributed by atoms with Gasteiger partial charge in [-0.25, -0.2) is 9.67 Å². The highest BCUT2D eigenvalue weighted by Gasteiger charge is 2.19. The van der Waals surface area contributed by atoms with E-state index in [9.17, 15) is 0 Å². The molecule has 4 heterocycles. The van der Waals surface area contributed by atoms with Crippen LogP contribution < -0.4 is 16.0 Å². The fourth-order valence-corrected chi connectivity index (χ4v) is 4.14. The van der Waals surface area contributed by atoms with Crippen LogP contribution in [0.25, 0.3) is 16.7 Å². The topological polar surface area (TPSA) is 108 Å². The van der Waals surface area contributed by atoms with Crippen molar-refractivity contribution in [2.45, 2.75) is 45.2 Å². The first-order valence-corrected chi connectivity index (χ1v) is 11.2. The summed E-state index contributed by atoms with van der Waals surface area (Å²) in [5.74, 6) is 1.66. The predicted octanol–water partition coefficient (Wildman–Crippen LogP) is 3.44. The zero-order valence-electron chi connectivity index (χ0n) is 18.5. The highest BCUT2D eigenvalue weighted by molar-refractivity contribution is 5.88. The molecule has 0 atom stereocenters. The first kappa shape index (κ1) is 20.4. The fraction of sp³-hybridized carbons (Fsp3) is 0.391. The monoisotopic (exact) mass is 431 g/mol. The molecule has 166 valence electrons. The van der Waals surface area contributed by atoms with Crippen LogP contribution in [0.5, 0.6) is 0 Å². The molecule has 4 aromatic rings. The Morgan fingerprint density at radius 2 is 1.97 bits per heavy atom. The molecule has 0 radical (unpaired) electrons. The van der Waals surface area contributed by atoms with E-state index in [0.29, 0.717) is 18.5 Å². The minimum Gasteiger partial charge on any atom is -0.364 e. The van der Waals surface area contributed by atoms with Crippen LogP contribution >= 0.6 is 0 Å². The molecule has 0 amide bonds. The number of hydrogen-bond donors (Lipinski definition) is 4. The zero-order valence-corrected chi connectivity index (χ0v) is 18.5. The third-order valence-electron chi connectivity index (χ3n) is 5.85. The van der Waals surface area contributed by atoms with Gasteiger partial charge in [0.1, 0.15) is 11.0 Å². The molecular weight excluding hydrogens is 402 g/mol. The van der Waals surface area contributed by atoms with Crippen LogP contribution in [0.15, 0.2) is 42.7 Å². The van der Waals surface area contributed by atoms with Crippen molar-refractivity contribution >= 4 is 22.8 Å². The van der Waals surface area contributed by atoms with E-state index < -0.39 is 0 Å². The molecule has 0 saturated carbocycles.